The van der Waals surface area contributed by atoms with Crippen molar-refractivity contribution in [1.29, 1.82) is 0 Å². The second-order valence-electron chi connectivity index (χ2n) is 4.15. The third-order valence-corrected chi connectivity index (χ3v) is 2.77. The number of aromatic amines is 1. The summed E-state index contributed by atoms with van der Waals surface area (Å²) in [5.74, 6) is -0.953. The lowest BCUT2D eigenvalue weighted by molar-refractivity contribution is 0.0697. The smallest absolute Gasteiger partial charge is 0.335 e. The highest BCUT2D eigenvalue weighted by atomic mass is 16.4. The fraction of sp³-hybridized carbons (Fsp3) is 0.154. The molecule has 0 aliphatic heterocycles. The molecule has 5 heteroatoms. The van der Waals surface area contributed by atoms with Gasteiger partial charge in [-0.2, -0.15) is 0 Å². The van der Waals surface area contributed by atoms with Crippen molar-refractivity contribution < 1.29 is 9.90 Å². The van der Waals surface area contributed by atoms with Gasteiger partial charge in [-0.1, -0.05) is 0 Å². The highest BCUT2D eigenvalue weighted by molar-refractivity contribution is 5.90. The van der Waals surface area contributed by atoms with E-state index in [1.165, 1.54) is 6.07 Å². The Labute approximate surface area is 105 Å². The fourth-order valence-electron chi connectivity index (χ4n) is 1.82. The Morgan fingerprint density at radius 1 is 1.44 bits per heavy atom. The van der Waals surface area contributed by atoms with Crippen LogP contribution in [0.5, 0.6) is 0 Å². The van der Waals surface area contributed by atoms with Crippen molar-refractivity contribution in [3.05, 3.63) is 47.8 Å². The molecule has 4 N–H and O–H groups in total. The summed E-state index contributed by atoms with van der Waals surface area (Å²) >= 11 is 0. The van der Waals surface area contributed by atoms with Crippen LogP contribution in [0, 0.1) is 0 Å². The first kappa shape index (κ1) is 12.0. The third-order valence-electron chi connectivity index (χ3n) is 2.77. The van der Waals surface area contributed by atoms with E-state index >= 15 is 0 Å². The van der Waals surface area contributed by atoms with Crippen LogP contribution in [0.4, 0.5) is 11.4 Å². The molecule has 18 heavy (non-hydrogen) atoms. The van der Waals surface area contributed by atoms with Crippen LogP contribution >= 0.6 is 0 Å². The first-order chi connectivity index (χ1) is 8.58. The van der Waals surface area contributed by atoms with Crippen molar-refractivity contribution in [2.24, 2.45) is 0 Å². The van der Waals surface area contributed by atoms with E-state index < -0.39 is 5.97 Å². The summed E-state index contributed by atoms with van der Waals surface area (Å²) in [6, 6.07) is 6.68. The Morgan fingerprint density at radius 2 is 2.22 bits per heavy atom. The number of aromatic nitrogens is 1. The number of nitrogens with two attached hydrogens (primary N) is 1. The molecule has 1 aromatic heterocycles. The molecule has 0 aliphatic carbocycles. The van der Waals surface area contributed by atoms with Gasteiger partial charge in [0.15, 0.2) is 0 Å². The molecule has 0 aliphatic rings. The molecule has 5 nitrogen and oxygen atoms in total. The van der Waals surface area contributed by atoms with Gasteiger partial charge in [0.2, 0.25) is 0 Å². The zero-order valence-corrected chi connectivity index (χ0v) is 10.1. The van der Waals surface area contributed by atoms with Gasteiger partial charge in [0.1, 0.15) is 0 Å². The number of aromatic carboxylic acids is 1. The molecule has 0 atom stereocenters. The topological polar surface area (TPSA) is 82.3 Å². The summed E-state index contributed by atoms with van der Waals surface area (Å²) in [4.78, 5) is 15.8. The Bertz CT molecular complexity index is 549. The highest BCUT2D eigenvalue weighted by Crippen LogP contribution is 2.25. The number of carboxylic acids is 1. The van der Waals surface area contributed by atoms with E-state index in [0.29, 0.717) is 12.2 Å². The Balaban J connectivity index is 2.26. The van der Waals surface area contributed by atoms with Crippen LogP contribution in [-0.4, -0.2) is 23.1 Å². The summed E-state index contributed by atoms with van der Waals surface area (Å²) < 4.78 is 0. The minimum atomic E-state index is -0.953. The van der Waals surface area contributed by atoms with Crippen LogP contribution in [0.2, 0.25) is 0 Å². The average Bonchev–Trinajstić information content (AvgIpc) is 2.81. The third kappa shape index (κ3) is 2.45. The summed E-state index contributed by atoms with van der Waals surface area (Å²) in [5.41, 5.74) is 8.51. The number of H-pyrrole nitrogens is 1. The number of nitrogen functional groups attached to an aromatic ring is 1. The lowest BCUT2D eigenvalue weighted by Gasteiger charge is -2.21. The minimum absolute atomic E-state index is 0.236. The maximum absolute atomic E-state index is 10.9. The molecule has 1 heterocycles. The predicted molar refractivity (Wildman–Crippen MR) is 70.7 cm³/mol. The molecule has 0 unspecified atom stereocenters. The van der Waals surface area contributed by atoms with E-state index in [9.17, 15) is 4.79 Å². The predicted octanol–water partition coefficient (Wildman–Crippen LogP) is 1.93. The number of hydrogen-bond acceptors (Lipinski definition) is 3. The van der Waals surface area contributed by atoms with Crippen molar-refractivity contribution in [2.75, 3.05) is 17.7 Å². The maximum atomic E-state index is 10.9. The number of carbonyl (C=O) groups is 1. The number of nitrogens with zero attached hydrogens (tertiary/aromatic N) is 1. The van der Waals surface area contributed by atoms with Gasteiger partial charge in [-0.25, -0.2) is 4.79 Å². The van der Waals surface area contributed by atoms with Crippen LogP contribution in [0.1, 0.15) is 15.9 Å². The molecular formula is C13H15N3O2. The van der Waals surface area contributed by atoms with Crippen LogP contribution < -0.4 is 10.6 Å². The largest absolute Gasteiger partial charge is 0.478 e. The molecular weight excluding hydrogens is 230 g/mol. The Kier molecular flexibility index (Phi) is 3.23. The molecule has 0 fully saturated rings. The number of anilines is 2. The van der Waals surface area contributed by atoms with E-state index in [1.54, 1.807) is 12.1 Å². The van der Waals surface area contributed by atoms with E-state index in [-0.39, 0.29) is 5.56 Å². The van der Waals surface area contributed by atoms with Crippen molar-refractivity contribution in [3.63, 3.8) is 0 Å². The number of rotatable bonds is 4. The van der Waals surface area contributed by atoms with Crippen molar-refractivity contribution >= 4 is 17.3 Å². The van der Waals surface area contributed by atoms with Crippen LogP contribution in [-0.2, 0) is 6.54 Å². The summed E-state index contributed by atoms with van der Waals surface area (Å²) in [6.45, 7) is 0.663. The van der Waals surface area contributed by atoms with Gasteiger partial charge in [-0.05, 0) is 29.8 Å². The van der Waals surface area contributed by atoms with Gasteiger partial charge in [-0.3, -0.25) is 0 Å². The highest BCUT2D eigenvalue weighted by Gasteiger charge is 2.10. The van der Waals surface area contributed by atoms with Crippen LogP contribution in [0.3, 0.4) is 0 Å². The Hall–Kier alpha value is -2.43. The normalized spacial score (nSPS) is 10.3. The SMILES string of the molecule is CN(Cc1cc[nH]c1)c1cc(C(=O)O)ccc1N. The molecule has 0 saturated heterocycles. The van der Waals surface area contributed by atoms with Crippen LogP contribution in [0.15, 0.2) is 36.7 Å². The first-order valence-corrected chi connectivity index (χ1v) is 5.53. The lowest BCUT2D eigenvalue weighted by Crippen LogP contribution is -2.18. The van der Waals surface area contributed by atoms with Gasteiger partial charge >= 0.3 is 5.97 Å². The van der Waals surface area contributed by atoms with Gasteiger partial charge in [0, 0.05) is 26.0 Å². The summed E-state index contributed by atoms with van der Waals surface area (Å²) in [5, 5.41) is 8.97. The van der Waals surface area contributed by atoms with Crippen molar-refractivity contribution in [3.8, 4) is 0 Å². The molecule has 0 spiro atoms. The van der Waals surface area contributed by atoms with Crippen LogP contribution in [0.25, 0.3) is 0 Å². The molecule has 0 bridgehead atoms. The number of carboxylic acid groups (broad SMARTS) is 1. The summed E-state index contributed by atoms with van der Waals surface area (Å²) in [6.07, 6.45) is 3.74. The number of hydrogen-bond donors (Lipinski definition) is 3. The molecule has 0 radical (unpaired) electrons. The monoisotopic (exact) mass is 245 g/mol. The van der Waals surface area contributed by atoms with E-state index in [1.807, 2.05) is 30.4 Å². The summed E-state index contributed by atoms with van der Waals surface area (Å²) in [7, 11) is 1.88. The molecule has 0 saturated carbocycles. The van der Waals surface area contributed by atoms with Gasteiger partial charge in [0.05, 0.1) is 16.9 Å². The molecule has 1 aromatic carbocycles. The van der Waals surface area contributed by atoms with Gasteiger partial charge in [0.25, 0.3) is 0 Å². The number of benzene rings is 1. The molecule has 94 valence electrons. The quantitative estimate of drug-likeness (QED) is 0.719. The maximum Gasteiger partial charge on any atom is 0.335 e. The van der Waals surface area contributed by atoms with Gasteiger partial charge < -0.3 is 20.7 Å². The standard InChI is InChI=1S/C13H15N3O2/c1-16(8-9-4-5-15-7-9)12-6-10(13(17)18)2-3-11(12)14/h2-7,15H,8,14H2,1H3,(H,17,18). The minimum Gasteiger partial charge on any atom is -0.478 e. The van der Waals surface area contributed by atoms with Crippen molar-refractivity contribution in [1.82, 2.24) is 4.98 Å². The second kappa shape index (κ2) is 4.83. The van der Waals surface area contributed by atoms with E-state index in [4.69, 9.17) is 10.8 Å². The van der Waals surface area contributed by atoms with Crippen molar-refractivity contribution in [2.45, 2.75) is 6.54 Å². The van der Waals surface area contributed by atoms with E-state index in [0.717, 1.165) is 11.3 Å². The molecule has 2 aromatic rings. The first-order valence-electron chi connectivity index (χ1n) is 5.53. The fourth-order valence-corrected chi connectivity index (χ4v) is 1.82. The Morgan fingerprint density at radius 3 is 2.83 bits per heavy atom. The van der Waals surface area contributed by atoms with Gasteiger partial charge in [-0.15, -0.1) is 0 Å². The van der Waals surface area contributed by atoms with E-state index in [2.05, 4.69) is 4.98 Å². The second-order valence-corrected chi connectivity index (χ2v) is 4.15. The zero-order chi connectivity index (χ0) is 13.1. The molecule has 2 rings (SSSR count). The lowest BCUT2D eigenvalue weighted by atomic mass is 10.1. The number of nitrogens with one attached hydrogen (secondary N) is 1. The molecule has 0 amide bonds. The average molecular weight is 245 g/mol. The zero-order valence-electron chi connectivity index (χ0n) is 10.1.